The molecule has 0 saturated carbocycles. The molecule has 5 nitrogen and oxygen atoms in total. The molecular formula is C21H16ClN5S. The van der Waals surface area contributed by atoms with Crippen molar-refractivity contribution in [3.05, 3.63) is 71.1 Å². The van der Waals surface area contributed by atoms with Crippen molar-refractivity contribution in [2.24, 2.45) is 0 Å². The molecule has 2 aromatic carbocycles. The van der Waals surface area contributed by atoms with E-state index in [1.165, 1.54) is 0 Å². The van der Waals surface area contributed by atoms with Crippen LogP contribution in [-0.2, 0) is 6.42 Å². The highest BCUT2D eigenvalue weighted by molar-refractivity contribution is 7.17. The number of aromatic amines is 1. The maximum atomic E-state index is 6.04. The number of benzene rings is 2. The van der Waals surface area contributed by atoms with E-state index >= 15 is 0 Å². The number of H-pyrrole nitrogens is 1. The molecule has 138 valence electrons. The predicted octanol–water partition coefficient (Wildman–Crippen LogP) is 5.54. The van der Waals surface area contributed by atoms with E-state index < -0.39 is 0 Å². The van der Waals surface area contributed by atoms with Crippen molar-refractivity contribution >= 4 is 50.0 Å². The van der Waals surface area contributed by atoms with E-state index in [2.05, 4.69) is 30.6 Å². The quantitative estimate of drug-likeness (QED) is 0.402. The summed E-state index contributed by atoms with van der Waals surface area (Å²) < 4.78 is 0. The molecule has 7 heteroatoms. The smallest absolute Gasteiger partial charge is 0.138 e. The highest BCUT2D eigenvalue weighted by Gasteiger charge is 2.13. The van der Waals surface area contributed by atoms with Gasteiger partial charge < -0.3 is 10.3 Å². The number of halogens is 1. The lowest BCUT2D eigenvalue weighted by molar-refractivity contribution is 0.929. The number of hydrogen-bond donors (Lipinski definition) is 2. The number of para-hydroxylation sites is 2. The number of imidazole rings is 1. The SMILES string of the molecule is Clc1ccc(-c2csc3ncnc(NCCc4nc5ccccc5[nH]4)c23)cc1. The summed E-state index contributed by atoms with van der Waals surface area (Å²) in [5.74, 6) is 1.80. The predicted molar refractivity (Wildman–Crippen MR) is 116 cm³/mol. The molecule has 0 aliphatic heterocycles. The molecule has 5 aromatic rings. The Morgan fingerprint density at radius 1 is 1.04 bits per heavy atom. The van der Waals surface area contributed by atoms with Gasteiger partial charge >= 0.3 is 0 Å². The fraction of sp³-hybridized carbons (Fsp3) is 0.0952. The van der Waals surface area contributed by atoms with Crippen molar-refractivity contribution in [1.82, 2.24) is 19.9 Å². The molecule has 3 aromatic heterocycles. The fourth-order valence-electron chi connectivity index (χ4n) is 3.27. The molecule has 28 heavy (non-hydrogen) atoms. The maximum absolute atomic E-state index is 6.04. The molecule has 0 atom stereocenters. The lowest BCUT2D eigenvalue weighted by atomic mass is 10.1. The number of nitrogens with one attached hydrogen (secondary N) is 2. The van der Waals surface area contributed by atoms with E-state index in [0.717, 1.165) is 62.0 Å². The summed E-state index contributed by atoms with van der Waals surface area (Å²) >= 11 is 7.65. The molecule has 0 saturated heterocycles. The second-order valence-electron chi connectivity index (χ2n) is 6.44. The fourth-order valence-corrected chi connectivity index (χ4v) is 4.32. The van der Waals surface area contributed by atoms with Crippen molar-refractivity contribution in [3.63, 3.8) is 0 Å². The van der Waals surface area contributed by atoms with Gasteiger partial charge in [0.15, 0.2) is 0 Å². The van der Waals surface area contributed by atoms with Crippen molar-refractivity contribution in [3.8, 4) is 11.1 Å². The van der Waals surface area contributed by atoms with Gasteiger partial charge in [0.05, 0.1) is 16.4 Å². The minimum Gasteiger partial charge on any atom is -0.369 e. The Kier molecular flexibility index (Phi) is 4.43. The summed E-state index contributed by atoms with van der Waals surface area (Å²) in [6.45, 7) is 0.724. The zero-order valence-corrected chi connectivity index (χ0v) is 16.4. The van der Waals surface area contributed by atoms with E-state index in [4.69, 9.17) is 11.6 Å². The zero-order chi connectivity index (χ0) is 18.9. The Balaban J connectivity index is 1.41. The van der Waals surface area contributed by atoms with Crippen LogP contribution in [0.25, 0.3) is 32.4 Å². The third-order valence-corrected chi connectivity index (χ3v) is 5.76. The van der Waals surface area contributed by atoms with Gasteiger partial charge in [-0.1, -0.05) is 35.9 Å². The molecule has 5 rings (SSSR count). The molecule has 0 amide bonds. The molecule has 0 unspecified atom stereocenters. The second-order valence-corrected chi connectivity index (χ2v) is 7.73. The van der Waals surface area contributed by atoms with E-state index in [-0.39, 0.29) is 0 Å². The van der Waals surface area contributed by atoms with Crippen LogP contribution < -0.4 is 5.32 Å². The third-order valence-electron chi connectivity index (χ3n) is 4.62. The highest BCUT2D eigenvalue weighted by Crippen LogP contribution is 2.36. The van der Waals surface area contributed by atoms with E-state index in [0.29, 0.717) is 0 Å². The minimum atomic E-state index is 0.724. The second kappa shape index (κ2) is 7.22. The molecule has 3 heterocycles. The first-order valence-corrected chi connectivity index (χ1v) is 10.2. The topological polar surface area (TPSA) is 66.5 Å². The van der Waals surface area contributed by atoms with Gasteiger partial charge in [0.2, 0.25) is 0 Å². The van der Waals surface area contributed by atoms with Crippen LogP contribution >= 0.6 is 22.9 Å². The molecule has 0 aliphatic rings. The molecular weight excluding hydrogens is 390 g/mol. The number of hydrogen-bond acceptors (Lipinski definition) is 5. The molecule has 2 N–H and O–H groups in total. The standard InChI is InChI=1S/C21H16ClN5S/c22-14-7-5-13(6-8-14)15-11-28-21-19(15)20(24-12-25-21)23-10-9-18-26-16-3-1-2-4-17(16)27-18/h1-8,11-12H,9-10H2,(H,26,27)(H,23,24,25). The summed E-state index contributed by atoms with van der Waals surface area (Å²) in [6.07, 6.45) is 2.38. The summed E-state index contributed by atoms with van der Waals surface area (Å²) in [7, 11) is 0. The monoisotopic (exact) mass is 405 g/mol. The van der Waals surface area contributed by atoms with Crippen LogP contribution in [0.4, 0.5) is 5.82 Å². The Morgan fingerprint density at radius 3 is 2.75 bits per heavy atom. The van der Waals surface area contributed by atoms with Crippen molar-refractivity contribution in [1.29, 1.82) is 0 Å². The van der Waals surface area contributed by atoms with Gasteiger partial charge in [0.1, 0.15) is 22.8 Å². The van der Waals surface area contributed by atoms with Gasteiger partial charge in [-0.25, -0.2) is 15.0 Å². The normalized spacial score (nSPS) is 11.3. The van der Waals surface area contributed by atoms with Gasteiger partial charge in [0, 0.05) is 28.9 Å². The number of rotatable bonds is 5. The van der Waals surface area contributed by atoms with Crippen LogP contribution in [0.1, 0.15) is 5.82 Å². The van der Waals surface area contributed by atoms with E-state index in [9.17, 15) is 0 Å². The van der Waals surface area contributed by atoms with Crippen LogP contribution in [0.15, 0.2) is 60.2 Å². The molecule has 0 spiro atoms. The molecule has 0 fully saturated rings. The van der Waals surface area contributed by atoms with Gasteiger partial charge in [-0.2, -0.15) is 0 Å². The number of aromatic nitrogens is 4. The van der Waals surface area contributed by atoms with Crippen molar-refractivity contribution in [2.45, 2.75) is 6.42 Å². The number of anilines is 1. The lowest BCUT2D eigenvalue weighted by Crippen LogP contribution is -2.07. The Hall–Kier alpha value is -2.96. The van der Waals surface area contributed by atoms with Gasteiger partial charge in [-0.15, -0.1) is 11.3 Å². The van der Waals surface area contributed by atoms with Gasteiger partial charge in [-0.3, -0.25) is 0 Å². The van der Waals surface area contributed by atoms with E-state index in [1.807, 2.05) is 48.5 Å². The van der Waals surface area contributed by atoms with Crippen molar-refractivity contribution < 1.29 is 0 Å². The average molecular weight is 406 g/mol. The first-order chi connectivity index (χ1) is 13.8. The summed E-state index contributed by atoms with van der Waals surface area (Å²) in [5.41, 5.74) is 4.27. The van der Waals surface area contributed by atoms with Crippen molar-refractivity contribution in [2.75, 3.05) is 11.9 Å². The Morgan fingerprint density at radius 2 is 1.89 bits per heavy atom. The highest BCUT2D eigenvalue weighted by atomic mass is 35.5. The lowest BCUT2D eigenvalue weighted by Gasteiger charge is -2.08. The number of thiophene rings is 1. The average Bonchev–Trinajstić information content (AvgIpc) is 3.33. The van der Waals surface area contributed by atoms with Crippen LogP contribution in [0.2, 0.25) is 5.02 Å². The number of fused-ring (bicyclic) bond motifs is 2. The van der Waals surface area contributed by atoms with Gasteiger partial charge in [-0.05, 0) is 29.8 Å². The summed E-state index contributed by atoms with van der Waals surface area (Å²) in [5, 5.41) is 7.34. The minimum absolute atomic E-state index is 0.724. The summed E-state index contributed by atoms with van der Waals surface area (Å²) in [6, 6.07) is 15.9. The van der Waals surface area contributed by atoms with E-state index in [1.54, 1.807) is 17.7 Å². The first-order valence-electron chi connectivity index (χ1n) is 8.93. The van der Waals surface area contributed by atoms with Gasteiger partial charge in [0.25, 0.3) is 0 Å². The maximum Gasteiger partial charge on any atom is 0.138 e. The molecule has 0 aliphatic carbocycles. The number of nitrogens with zero attached hydrogens (tertiary/aromatic N) is 3. The molecule has 0 radical (unpaired) electrons. The molecule has 0 bridgehead atoms. The van der Waals surface area contributed by atoms with Crippen LogP contribution in [0.5, 0.6) is 0 Å². The zero-order valence-electron chi connectivity index (χ0n) is 14.8. The summed E-state index contributed by atoms with van der Waals surface area (Å²) in [4.78, 5) is 17.9. The Labute approximate surface area is 170 Å². The largest absolute Gasteiger partial charge is 0.369 e. The van der Waals surface area contributed by atoms with Crippen LogP contribution in [0, 0.1) is 0 Å². The van der Waals surface area contributed by atoms with Crippen LogP contribution in [0.3, 0.4) is 0 Å². The van der Waals surface area contributed by atoms with Crippen LogP contribution in [-0.4, -0.2) is 26.5 Å². The Bertz CT molecular complexity index is 1230. The first kappa shape index (κ1) is 17.2. The third kappa shape index (κ3) is 3.21.